The fraction of sp³-hybridized carbons (Fsp3) is 0.200. The summed E-state index contributed by atoms with van der Waals surface area (Å²) in [6.45, 7) is 7.78. The minimum atomic E-state index is -0.539. The van der Waals surface area contributed by atoms with Crippen LogP contribution in [0.15, 0.2) is 42.7 Å². The first-order valence-electron chi connectivity index (χ1n) is 8.42. The molecule has 138 valence electrons. The fourth-order valence-electron chi connectivity index (χ4n) is 2.98. The molecule has 1 heterocycles. The Bertz CT molecular complexity index is 906. The van der Waals surface area contributed by atoms with Gasteiger partial charge in [0.15, 0.2) is 0 Å². The molecule has 7 nitrogen and oxygen atoms in total. The van der Waals surface area contributed by atoms with Crippen LogP contribution in [0.3, 0.4) is 0 Å². The summed E-state index contributed by atoms with van der Waals surface area (Å²) in [5.74, 6) is 0.470. The maximum Gasteiger partial charge on any atom is 0.373 e. The predicted octanol–water partition coefficient (Wildman–Crippen LogP) is 5.15. The van der Waals surface area contributed by atoms with Gasteiger partial charge in [-0.05, 0) is 74.2 Å². The quantitative estimate of drug-likeness (QED) is 0.497. The highest BCUT2D eigenvalue weighted by Crippen LogP contribution is 2.36. The van der Waals surface area contributed by atoms with E-state index in [9.17, 15) is 10.1 Å². The van der Waals surface area contributed by atoms with Gasteiger partial charge in [-0.25, -0.2) is 4.98 Å². The number of aryl methyl sites for hydroxylation is 4. The first-order chi connectivity index (χ1) is 12.8. The highest BCUT2D eigenvalue weighted by Gasteiger charge is 2.25. The molecule has 0 aliphatic rings. The van der Waals surface area contributed by atoms with E-state index in [0.717, 1.165) is 22.3 Å². The zero-order valence-corrected chi connectivity index (χ0v) is 15.6. The highest BCUT2D eigenvalue weighted by molar-refractivity contribution is 5.69. The minimum Gasteiger partial charge on any atom is -0.434 e. The van der Waals surface area contributed by atoms with E-state index in [0.29, 0.717) is 11.4 Å². The van der Waals surface area contributed by atoms with Gasteiger partial charge in [-0.3, -0.25) is 10.1 Å². The fourth-order valence-corrected chi connectivity index (χ4v) is 2.98. The lowest BCUT2D eigenvalue weighted by molar-refractivity contribution is -0.385. The smallest absolute Gasteiger partial charge is 0.373 e. The lowest BCUT2D eigenvalue weighted by Crippen LogP contribution is -2.04. The molecular weight excluding hydrogens is 344 g/mol. The summed E-state index contributed by atoms with van der Waals surface area (Å²) in [5, 5.41) is 14.7. The van der Waals surface area contributed by atoms with Crippen LogP contribution in [-0.4, -0.2) is 14.9 Å². The Hall–Kier alpha value is -3.48. The molecule has 0 bridgehead atoms. The minimum absolute atomic E-state index is 0.0828. The highest BCUT2D eigenvalue weighted by atomic mass is 16.6. The number of hydrogen-bond acceptors (Lipinski definition) is 6. The number of benzene rings is 2. The largest absolute Gasteiger partial charge is 0.434 e. The summed E-state index contributed by atoms with van der Waals surface area (Å²) >= 11 is 0. The number of anilines is 2. The van der Waals surface area contributed by atoms with Gasteiger partial charge in [0.25, 0.3) is 0 Å². The molecule has 0 amide bonds. The molecule has 3 rings (SSSR count). The van der Waals surface area contributed by atoms with E-state index in [1.165, 1.54) is 6.33 Å². The average molecular weight is 364 g/mol. The van der Waals surface area contributed by atoms with Gasteiger partial charge in [0.2, 0.25) is 5.82 Å². The number of nitro groups is 1. The van der Waals surface area contributed by atoms with Crippen molar-refractivity contribution in [1.82, 2.24) is 9.97 Å². The van der Waals surface area contributed by atoms with Gasteiger partial charge in [-0.2, -0.15) is 4.98 Å². The van der Waals surface area contributed by atoms with Crippen LogP contribution in [0.1, 0.15) is 22.3 Å². The van der Waals surface area contributed by atoms with E-state index in [2.05, 4.69) is 15.3 Å². The Balaban J connectivity index is 2.00. The van der Waals surface area contributed by atoms with Crippen molar-refractivity contribution >= 4 is 17.2 Å². The van der Waals surface area contributed by atoms with Gasteiger partial charge in [0.05, 0.1) is 4.92 Å². The number of rotatable bonds is 5. The first kappa shape index (κ1) is 18.3. The monoisotopic (exact) mass is 364 g/mol. The molecule has 0 aliphatic heterocycles. The Labute approximate surface area is 157 Å². The van der Waals surface area contributed by atoms with Crippen LogP contribution in [0.4, 0.5) is 17.2 Å². The zero-order chi connectivity index (χ0) is 19.6. The Morgan fingerprint density at radius 1 is 0.889 bits per heavy atom. The SMILES string of the molecule is Cc1cc(C)cc(Nc2ncnc(Oc3cc(C)cc(C)c3)c2[N+](=O)[O-])c1. The summed E-state index contributed by atoms with van der Waals surface area (Å²) in [4.78, 5) is 19.2. The van der Waals surface area contributed by atoms with Gasteiger partial charge in [0, 0.05) is 5.69 Å². The molecular formula is C20H20N4O3. The standard InChI is InChI=1S/C20H20N4O3/c1-12-5-13(2)8-16(7-12)23-19-18(24(25)26)20(22-11-21-19)27-17-9-14(3)6-15(4)10-17/h5-11H,1-4H3,(H,21,22,23). The number of hydrogen-bond donors (Lipinski definition) is 1. The molecule has 7 heteroatoms. The number of aromatic nitrogens is 2. The summed E-state index contributed by atoms with van der Waals surface area (Å²) in [6, 6.07) is 11.4. The van der Waals surface area contributed by atoms with Crippen LogP contribution >= 0.6 is 0 Å². The predicted molar refractivity (Wildman–Crippen MR) is 104 cm³/mol. The van der Waals surface area contributed by atoms with Crippen molar-refractivity contribution in [3.63, 3.8) is 0 Å². The van der Waals surface area contributed by atoms with E-state index < -0.39 is 4.92 Å². The van der Waals surface area contributed by atoms with Gasteiger partial charge >= 0.3 is 11.6 Å². The van der Waals surface area contributed by atoms with Crippen molar-refractivity contribution in [2.45, 2.75) is 27.7 Å². The summed E-state index contributed by atoms with van der Waals surface area (Å²) in [5.41, 5.74) is 4.48. The zero-order valence-electron chi connectivity index (χ0n) is 15.6. The molecule has 0 aliphatic carbocycles. The van der Waals surface area contributed by atoms with Crippen molar-refractivity contribution in [2.75, 3.05) is 5.32 Å². The van der Waals surface area contributed by atoms with Gasteiger partial charge < -0.3 is 10.1 Å². The van der Waals surface area contributed by atoms with E-state index in [1.54, 1.807) is 12.1 Å². The first-order valence-corrected chi connectivity index (χ1v) is 8.42. The van der Waals surface area contributed by atoms with Gasteiger partial charge in [-0.1, -0.05) is 12.1 Å². The molecule has 0 fully saturated rings. The van der Waals surface area contributed by atoms with Crippen LogP contribution in [0.5, 0.6) is 11.6 Å². The molecule has 2 aromatic carbocycles. The number of nitrogens with zero attached hydrogens (tertiary/aromatic N) is 3. The second-order valence-corrected chi connectivity index (χ2v) is 6.56. The number of nitrogens with one attached hydrogen (secondary N) is 1. The lowest BCUT2D eigenvalue weighted by atomic mass is 10.1. The normalized spacial score (nSPS) is 10.5. The van der Waals surface area contributed by atoms with E-state index in [4.69, 9.17) is 4.74 Å². The lowest BCUT2D eigenvalue weighted by Gasteiger charge is -2.11. The molecule has 27 heavy (non-hydrogen) atoms. The topological polar surface area (TPSA) is 90.2 Å². The molecule has 1 aromatic heterocycles. The third-order valence-electron chi connectivity index (χ3n) is 3.87. The third kappa shape index (κ3) is 4.38. The van der Waals surface area contributed by atoms with Crippen LogP contribution in [0.25, 0.3) is 0 Å². The second-order valence-electron chi connectivity index (χ2n) is 6.56. The Morgan fingerprint density at radius 3 is 2.00 bits per heavy atom. The second kappa shape index (κ2) is 7.41. The van der Waals surface area contributed by atoms with Crippen molar-refractivity contribution in [2.24, 2.45) is 0 Å². The van der Waals surface area contributed by atoms with Crippen molar-refractivity contribution in [1.29, 1.82) is 0 Å². The molecule has 1 N–H and O–H groups in total. The van der Waals surface area contributed by atoms with Crippen molar-refractivity contribution in [3.8, 4) is 11.6 Å². The Kier molecular flexibility index (Phi) is 5.03. The van der Waals surface area contributed by atoms with E-state index in [-0.39, 0.29) is 17.4 Å². The molecule has 0 atom stereocenters. The van der Waals surface area contributed by atoms with E-state index >= 15 is 0 Å². The molecule has 3 aromatic rings. The van der Waals surface area contributed by atoms with Crippen LogP contribution in [0.2, 0.25) is 0 Å². The van der Waals surface area contributed by atoms with Crippen LogP contribution < -0.4 is 10.1 Å². The third-order valence-corrected chi connectivity index (χ3v) is 3.87. The molecule has 0 saturated heterocycles. The van der Waals surface area contributed by atoms with Crippen molar-refractivity contribution in [3.05, 3.63) is 75.1 Å². The molecule has 0 unspecified atom stereocenters. The van der Waals surface area contributed by atoms with E-state index in [1.807, 2.05) is 52.0 Å². The number of ether oxygens (including phenoxy) is 1. The van der Waals surface area contributed by atoms with Gasteiger partial charge in [-0.15, -0.1) is 0 Å². The summed E-state index contributed by atoms with van der Waals surface area (Å²) in [6.07, 6.45) is 1.25. The molecule has 0 radical (unpaired) electrons. The van der Waals surface area contributed by atoms with Gasteiger partial charge in [0.1, 0.15) is 12.1 Å². The average Bonchev–Trinajstić information content (AvgIpc) is 2.52. The summed E-state index contributed by atoms with van der Waals surface area (Å²) < 4.78 is 5.73. The maximum absolute atomic E-state index is 11.7. The Morgan fingerprint density at radius 2 is 1.44 bits per heavy atom. The van der Waals surface area contributed by atoms with Crippen molar-refractivity contribution < 1.29 is 9.66 Å². The molecule has 0 spiro atoms. The maximum atomic E-state index is 11.7. The van der Waals surface area contributed by atoms with Crippen LogP contribution in [-0.2, 0) is 0 Å². The molecule has 0 saturated carbocycles. The van der Waals surface area contributed by atoms with Crippen LogP contribution in [0, 0.1) is 37.8 Å². The summed E-state index contributed by atoms with van der Waals surface area (Å²) in [7, 11) is 0.